The number of thiophene rings is 1. The van der Waals surface area contributed by atoms with E-state index in [0.717, 1.165) is 29.0 Å². The maximum Gasteiger partial charge on any atom is 0.130 e. The normalized spacial score (nSPS) is 10.1. The van der Waals surface area contributed by atoms with E-state index >= 15 is 0 Å². The highest BCUT2D eigenvalue weighted by Crippen LogP contribution is 2.30. The van der Waals surface area contributed by atoms with Gasteiger partial charge in [0.2, 0.25) is 0 Å². The minimum Gasteiger partial charge on any atom is -0.383 e. The highest BCUT2D eigenvalue weighted by Gasteiger charge is 2.12. The Labute approximate surface area is 104 Å². The topological polar surface area (TPSA) is 75.6 Å². The monoisotopic (exact) mass is 244 g/mol. The highest BCUT2D eigenvalue weighted by atomic mass is 32.1. The van der Waals surface area contributed by atoms with Crippen molar-refractivity contribution in [3.63, 3.8) is 0 Å². The second kappa shape index (κ2) is 4.93. The summed E-state index contributed by atoms with van der Waals surface area (Å²) >= 11 is 1.43. The third kappa shape index (κ3) is 2.27. The molecule has 0 amide bonds. The quantitative estimate of drug-likeness (QED) is 0.900. The Morgan fingerprint density at radius 3 is 2.88 bits per heavy atom. The number of nitrogens with two attached hydrogens (primary N) is 1. The molecule has 86 valence electrons. The molecule has 0 aromatic carbocycles. The SMILES string of the molecule is CCCc1c(N)ncnc1-c1ccc(C#N)s1. The molecule has 2 heterocycles. The number of hydrogen-bond donors (Lipinski definition) is 1. The third-order valence-electron chi connectivity index (χ3n) is 2.43. The van der Waals surface area contributed by atoms with Crippen molar-refractivity contribution in [3.05, 3.63) is 28.9 Å². The molecule has 0 saturated carbocycles. The highest BCUT2D eigenvalue weighted by molar-refractivity contribution is 7.16. The van der Waals surface area contributed by atoms with Crippen LogP contribution in [0.3, 0.4) is 0 Å². The van der Waals surface area contributed by atoms with Gasteiger partial charge in [-0.25, -0.2) is 9.97 Å². The minimum atomic E-state index is 0.531. The van der Waals surface area contributed by atoms with Crippen LogP contribution in [0.1, 0.15) is 23.8 Å². The standard InChI is InChI=1S/C12H12N4S/c1-2-3-9-11(15-7-16-12(9)14)10-5-4-8(6-13)17-10/h4-5,7H,2-3H2,1H3,(H2,14,15,16). The van der Waals surface area contributed by atoms with Crippen LogP contribution in [0.25, 0.3) is 10.6 Å². The number of nitrogen functional groups attached to an aromatic ring is 1. The van der Waals surface area contributed by atoms with Gasteiger partial charge in [-0.15, -0.1) is 11.3 Å². The molecule has 0 radical (unpaired) electrons. The second-order valence-corrected chi connectivity index (χ2v) is 4.70. The fourth-order valence-corrected chi connectivity index (χ4v) is 2.49. The van der Waals surface area contributed by atoms with Crippen molar-refractivity contribution < 1.29 is 0 Å². The van der Waals surface area contributed by atoms with Crippen LogP contribution in [0.15, 0.2) is 18.5 Å². The smallest absolute Gasteiger partial charge is 0.130 e. The summed E-state index contributed by atoms with van der Waals surface area (Å²) < 4.78 is 0. The van der Waals surface area contributed by atoms with Gasteiger partial charge in [-0.3, -0.25) is 0 Å². The molecular formula is C12H12N4S. The van der Waals surface area contributed by atoms with Crippen LogP contribution < -0.4 is 5.73 Å². The zero-order valence-electron chi connectivity index (χ0n) is 9.47. The fourth-order valence-electron chi connectivity index (χ4n) is 1.66. The minimum absolute atomic E-state index is 0.531. The molecule has 0 aliphatic carbocycles. The lowest BCUT2D eigenvalue weighted by Gasteiger charge is -2.07. The van der Waals surface area contributed by atoms with Crippen LogP contribution in [0.4, 0.5) is 5.82 Å². The molecule has 2 aromatic rings. The van der Waals surface area contributed by atoms with Crippen LogP contribution in [-0.2, 0) is 6.42 Å². The van der Waals surface area contributed by atoms with Crippen molar-refractivity contribution >= 4 is 17.2 Å². The first-order valence-electron chi connectivity index (χ1n) is 5.36. The van der Waals surface area contributed by atoms with Crippen molar-refractivity contribution in [3.8, 4) is 16.6 Å². The first kappa shape index (κ1) is 11.6. The van der Waals surface area contributed by atoms with E-state index in [0.29, 0.717) is 10.7 Å². The predicted octanol–water partition coefficient (Wildman–Crippen LogP) is 2.61. The maximum absolute atomic E-state index is 8.83. The van der Waals surface area contributed by atoms with Crippen molar-refractivity contribution in [2.24, 2.45) is 0 Å². The van der Waals surface area contributed by atoms with Gasteiger partial charge in [-0.2, -0.15) is 5.26 Å². The molecule has 4 nitrogen and oxygen atoms in total. The Bertz CT molecular complexity index is 568. The lowest BCUT2D eigenvalue weighted by atomic mass is 10.1. The summed E-state index contributed by atoms with van der Waals surface area (Å²) in [5.41, 5.74) is 7.70. The van der Waals surface area contributed by atoms with Gasteiger partial charge in [-0.1, -0.05) is 13.3 Å². The maximum atomic E-state index is 8.83. The van der Waals surface area contributed by atoms with Crippen molar-refractivity contribution in [1.82, 2.24) is 9.97 Å². The van der Waals surface area contributed by atoms with Crippen molar-refractivity contribution in [2.75, 3.05) is 5.73 Å². The molecule has 5 heteroatoms. The van der Waals surface area contributed by atoms with E-state index in [9.17, 15) is 0 Å². The molecule has 0 unspecified atom stereocenters. The molecular weight excluding hydrogens is 232 g/mol. The average Bonchev–Trinajstić information content (AvgIpc) is 2.80. The number of nitrogens with zero attached hydrogens (tertiary/aromatic N) is 3. The zero-order chi connectivity index (χ0) is 12.3. The first-order valence-corrected chi connectivity index (χ1v) is 6.17. The number of aromatic nitrogens is 2. The van der Waals surface area contributed by atoms with E-state index in [1.54, 1.807) is 6.07 Å². The van der Waals surface area contributed by atoms with Crippen LogP contribution in [0, 0.1) is 11.3 Å². The average molecular weight is 244 g/mol. The lowest BCUT2D eigenvalue weighted by Crippen LogP contribution is -2.01. The summed E-state index contributed by atoms with van der Waals surface area (Å²) in [5.74, 6) is 0.531. The molecule has 0 atom stereocenters. The Balaban J connectivity index is 2.51. The van der Waals surface area contributed by atoms with Gasteiger partial charge in [-0.05, 0) is 18.6 Å². The van der Waals surface area contributed by atoms with E-state index < -0.39 is 0 Å². The molecule has 0 fully saturated rings. The van der Waals surface area contributed by atoms with Gasteiger partial charge in [0.15, 0.2) is 0 Å². The van der Waals surface area contributed by atoms with Gasteiger partial charge in [0.25, 0.3) is 0 Å². The summed E-state index contributed by atoms with van der Waals surface area (Å²) in [6.45, 7) is 2.09. The van der Waals surface area contributed by atoms with Gasteiger partial charge in [0, 0.05) is 5.56 Å². The number of anilines is 1. The second-order valence-electron chi connectivity index (χ2n) is 3.61. The third-order valence-corrected chi connectivity index (χ3v) is 3.42. The first-order chi connectivity index (χ1) is 8.26. The Kier molecular flexibility index (Phi) is 3.35. The van der Waals surface area contributed by atoms with Gasteiger partial charge < -0.3 is 5.73 Å². The Morgan fingerprint density at radius 2 is 2.24 bits per heavy atom. The van der Waals surface area contributed by atoms with E-state index in [4.69, 9.17) is 11.0 Å². The summed E-state index contributed by atoms with van der Waals surface area (Å²) in [7, 11) is 0. The van der Waals surface area contributed by atoms with Crippen molar-refractivity contribution in [1.29, 1.82) is 5.26 Å². The van der Waals surface area contributed by atoms with Crippen LogP contribution in [-0.4, -0.2) is 9.97 Å². The summed E-state index contributed by atoms with van der Waals surface area (Å²) in [4.78, 5) is 9.95. The molecule has 2 N–H and O–H groups in total. The van der Waals surface area contributed by atoms with Crippen molar-refractivity contribution in [2.45, 2.75) is 19.8 Å². The number of rotatable bonds is 3. The van der Waals surface area contributed by atoms with E-state index in [2.05, 4.69) is 23.0 Å². The lowest BCUT2D eigenvalue weighted by molar-refractivity contribution is 0.909. The number of hydrogen-bond acceptors (Lipinski definition) is 5. The van der Waals surface area contributed by atoms with Gasteiger partial charge in [0.05, 0.1) is 10.6 Å². The summed E-state index contributed by atoms with van der Waals surface area (Å²) in [6, 6.07) is 5.83. The summed E-state index contributed by atoms with van der Waals surface area (Å²) in [6.07, 6.45) is 3.30. The van der Waals surface area contributed by atoms with E-state index in [1.807, 2.05) is 6.07 Å². The summed E-state index contributed by atoms with van der Waals surface area (Å²) in [5, 5.41) is 8.83. The van der Waals surface area contributed by atoms with Crippen LogP contribution in [0.2, 0.25) is 0 Å². The molecule has 0 saturated heterocycles. The molecule has 0 aliphatic heterocycles. The van der Waals surface area contributed by atoms with Gasteiger partial charge >= 0.3 is 0 Å². The number of nitriles is 1. The molecule has 2 aromatic heterocycles. The Hall–Kier alpha value is -1.93. The largest absolute Gasteiger partial charge is 0.383 e. The zero-order valence-corrected chi connectivity index (χ0v) is 10.3. The van der Waals surface area contributed by atoms with Crippen LogP contribution >= 0.6 is 11.3 Å². The Morgan fingerprint density at radius 1 is 1.41 bits per heavy atom. The van der Waals surface area contributed by atoms with Gasteiger partial charge in [0.1, 0.15) is 23.1 Å². The van der Waals surface area contributed by atoms with Crippen LogP contribution in [0.5, 0.6) is 0 Å². The molecule has 0 bridgehead atoms. The molecule has 2 rings (SSSR count). The fraction of sp³-hybridized carbons (Fsp3) is 0.250. The van der Waals surface area contributed by atoms with E-state index in [-0.39, 0.29) is 0 Å². The molecule has 17 heavy (non-hydrogen) atoms. The molecule has 0 aliphatic rings. The molecule has 0 spiro atoms. The predicted molar refractivity (Wildman–Crippen MR) is 68.5 cm³/mol. The van der Waals surface area contributed by atoms with E-state index in [1.165, 1.54) is 17.7 Å².